The molecule has 2 fully saturated rings. The second-order valence-corrected chi connectivity index (χ2v) is 22.8. The van der Waals surface area contributed by atoms with E-state index in [9.17, 15) is 49.2 Å². The Hall–Kier alpha value is -6.11. The summed E-state index contributed by atoms with van der Waals surface area (Å²) in [7, 11) is 6.06. The number of aliphatic carboxylic acids is 1. The van der Waals surface area contributed by atoms with E-state index < -0.39 is 115 Å². The number of carboxylic acid groups (broad SMARTS) is 1. The second-order valence-electron chi connectivity index (χ2n) is 21.6. The minimum absolute atomic E-state index is 0.0340. The molecule has 0 unspecified atom stereocenters. The monoisotopic (exact) mass is 1140 g/mol. The molecule has 3 heterocycles. The fourth-order valence-corrected chi connectivity index (χ4v) is 11.8. The molecule has 23 nitrogen and oxygen atoms in total. The lowest BCUT2D eigenvalue weighted by atomic mass is 9.89. The summed E-state index contributed by atoms with van der Waals surface area (Å²) in [6, 6.07) is 9.96. The molecule has 2 aromatic carbocycles. The van der Waals surface area contributed by atoms with Crippen molar-refractivity contribution in [3.8, 4) is 5.75 Å². The highest BCUT2D eigenvalue weighted by Gasteiger charge is 2.45. The van der Waals surface area contributed by atoms with Crippen LogP contribution in [0.1, 0.15) is 110 Å². The fourth-order valence-electron chi connectivity index (χ4n) is 10.8. The molecule has 2 aliphatic rings. The maximum atomic E-state index is 14.8. The van der Waals surface area contributed by atoms with Gasteiger partial charge in [0.15, 0.2) is 6.10 Å². The molecule has 2 aliphatic heterocycles. The number of methoxy groups -OCH3 is 2. The van der Waals surface area contributed by atoms with Gasteiger partial charge >= 0.3 is 12.1 Å². The summed E-state index contributed by atoms with van der Waals surface area (Å²) in [6.07, 6.45) is -7.79. The number of carboxylic acids is 1. The van der Waals surface area contributed by atoms with E-state index in [1.54, 1.807) is 82.7 Å². The molecule has 80 heavy (non-hydrogen) atoms. The lowest BCUT2D eigenvalue weighted by molar-refractivity contribution is -0.237. The van der Waals surface area contributed by atoms with E-state index in [0.29, 0.717) is 51.9 Å². The van der Waals surface area contributed by atoms with Crippen LogP contribution in [0, 0.1) is 23.7 Å². The van der Waals surface area contributed by atoms with Gasteiger partial charge in [-0.05, 0) is 60.7 Å². The van der Waals surface area contributed by atoms with Crippen molar-refractivity contribution in [3.05, 3.63) is 75.0 Å². The summed E-state index contributed by atoms with van der Waals surface area (Å²) in [5.41, 5.74) is 10.2. The van der Waals surface area contributed by atoms with Crippen LogP contribution in [0.15, 0.2) is 53.6 Å². The van der Waals surface area contributed by atoms with Crippen molar-refractivity contribution >= 4 is 57.1 Å². The minimum Gasteiger partial charge on any atom is -0.479 e. The van der Waals surface area contributed by atoms with E-state index in [-0.39, 0.29) is 49.5 Å². The Morgan fingerprint density at radius 3 is 2.23 bits per heavy atom. The van der Waals surface area contributed by atoms with Gasteiger partial charge in [0, 0.05) is 66.7 Å². The Bertz CT molecular complexity index is 2640. The molecule has 0 aliphatic carbocycles. The van der Waals surface area contributed by atoms with Gasteiger partial charge in [-0.2, -0.15) is 0 Å². The molecule has 5 rings (SSSR count). The van der Waals surface area contributed by atoms with Crippen molar-refractivity contribution in [2.75, 3.05) is 34.9 Å². The maximum Gasteiger partial charge on any atom is 0.410 e. The van der Waals surface area contributed by atoms with Gasteiger partial charge in [0.05, 0.1) is 61.4 Å². The van der Waals surface area contributed by atoms with E-state index in [0.717, 1.165) is 4.90 Å². The van der Waals surface area contributed by atoms with Crippen LogP contribution in [0.4, 0.5) is 4.79 Å². The standard InChI is InChI=1S/C56H82N8O15S/c1-13-31(6)46(41(75-11)26-43(66)64-23-17-20-38(64)49(76-12)32(7)51(69)59-33(8)47(67)34-18-15-14-16-19-34)62(9)53(71)44(29(2)3)60-52(70)45(30(4)5)63(10)56(74)77-28-35-21-22-40(37-24-36(27-58-61-57)80-50(35)37)78-55-48(68)39(65)25-42(79-55)54(72)73/h14-16,18-19,21-22,24,29-33,38-39,41-42,44-49,55,65,67-68H,13,17,20,23,25-28H2,1-12H3,(H,59,69)(H,60,70)(H,72,73)/t31-,32+,33+,38-,39-,41+,42-,44-,45-,46-,47+,48+,49+,55+/m0/s1. The molecule has 6 N–H and O–H groups in total. The average Bonchev–Trinajstić information content (AvgIpc) is 4.13. The zero-order valence-electron chi connectivity index (χ0n) is 47.9. The van der Waals surface area contributed by atoms with Crippen LogP contribution in [0.5, 0.6) is 5.75 Å². The number of rotatable bonds is 27. The number of aliphatic hydroxyl groups is 3. The highest BCUT2D eigenvalue weighted by molar-refractivity contribution is 7.19. The van der Waals surface area contributed by atoms with Crippen molar-refractivity contribution in [3.63, 3.8) is 0 Å². The van der Waals surface area contributed by atoms with E-state index >= 15 is 0 Å². The van der Waals surface area contributed by atoms with Crippen LogP contribution in [-0.4, -0.2) is 173 Å². The Morgan fingerprint density at radius 2 is 1.62 bits per heavy atom. The summed E-state index contributed by atoms with van der Waals surface area (Å²) in [5, 5.41) is 51.4. The van der Waals surface area contributed by atoms with Crippen molar-refractivity contribution in [2.24, 2.45) is 28.8 Å². The minimum atomic E-state index is -1.58. The SMILES string of the molecule is CC[C@H](C)[C@@H]([C@@H](CC(=O)N1CCC[C@H]1[C@H](OC)[C@@H](C)C(=O)N[C@H](C)[C@@H](O)c1ccccc1)OC)N(C)C(=O)[C@@H](NC(=O)[C@H](C(C)C)N(C)C(=O)OCc1ccc(O[C@@H]2O[C@H](C(=O)O)C[C@H](O)[C@H]2O)c2cc(CN=[N+]=[N-])sc12)C(C)C. The number of hydrogen-bond donors (Lipinski definition) is 6. The van der Waals surface area contributed by atoms with E-state index in [1.807, 2.05) is 32.0 Å². The van der Waals surface area contributed by atoms with Gasteiger partial charge in [-0.3, -0.25) is 24.1 Å². The van der Waals surface area contributed by atoms with Gasteiger partial charge in [0.1, 0.15) is 30.5 Å². The van der Waals surface area contributed by atoms with Gasteiger partial charge in [-0.25, -0.2) is 9.59 Å². The van der Waals surface area contributed by atoms with Crippen LogP contribution in [0.25, 0.3) is 20.5 Å². The number of nitrogens with one attached hydrogen (secondary N) is 2. The maximum absolute atomic E-state index is 14.8. The van der Waals surface area contributed by atoms with Gasteiger partial charge in [0.2, 0.25) is 29.9 Å². The van der Waals surface area contributed by atoms with E-state index in [1.165, 1.54) is 38.7 Å². The summed E-state index contributed by atoms with van der Waals surface area (Å²) in [5.74, 6) is -4.55. The van der Waals surface area contributed by atoms with Crippen LogP contribution in [0.2, 0.25) is 0 Å². The molecule has 0 spiro atoms. The molecule has 3 aromatic rings. The lowest BCUT2D eigenvalue weighted by Gasteiger charge is -2.41. The molecule has 0 saturated carbocycles. The topological polar surface area (TPSA) is 312 Å². The van der Waals surface area contributed by atoms with E-state index in [4.69, 9.17) is 29.2 Å². The first-order valence-electron chi connectivity index (χ1n) is 27.2. The highest BCUT2D eigenvalue weighted by Crippen LogP contribution is 2.38. The Morgan fingerprint density at radius 1 is 0.938 bits per heavy atom. The summed E-state index contributed by atoms with van der Waals surface area (Å²) < 4.78 is 29.8. The molecule has 2 saturated heterocycles. The number of azide groups is 1. The van der Waals surface area contributed by atoms with Crippen LogP contribution < -0.4 is 15.4 Å². The number of likely N-dealkylation sites (N-methyl/N-ethyl adjacent to an activating group) is 2. The predicted octanol–water partition coefficient (Wildman–Crippen LogP) is 5.90. The number of carbonyl (C=O) groups is 6. The van der Waals surface area contributed by atoms with Gasteiger partial charge < -0.3 is 64.5 Å². The number of thiophene rings is 1. The number of fused-ring (bicyclic) bond motifs is 1. The number of likely N-dealkylation sites (tertiary alicyclic amines) is 1. The zero-order valence-corrected chi connectivity index (χ0v) is 48.7. The highest BCUT2D eigenvalue weighted by atomic mass is 32.1. The molecule has 1 aromatic heterocycles. The third kappa shape index (κ3) is 15.7. The summed E-state index contributed by atoms with van der Waals surface area (Å²) in [4.78, 5) is 90.8. The van der Waals surface area contributed by atoms with Crippen molar-refractivity contribution in [2.45, 2.75) is 174 Å². The van der Waals surface area contributed by atoms with E-state index in [2.05, 4.69) is 20.7 Å². The Balaban J connectivity index is 1.28. The normalized spacial score (nSPS) is 21.7. The number of carbonyl (C=O) groups excluding carboxylic acids is 5. The van der Waals surface area contributed by atoms with Crippen LogP contribution in [-0.2, 0) is 56.1 Å². The van der Waals surface area contributed by atoms with Crippen LogP contribution in [0.3, 0.4) is 0 Å². The molecule has 442 valence electrons. The first kappa shape index (κ1) is 64.7. The first-order valence-corrected chi connectivity index (χ1v) is 28.0. The summed E-state index contributed by atoms with van der Waals surface area (Å²) in [6.45, 7) is 14.6. The fraction of sp³-hybridized carbons (Fsp3) is 0.643. The Kier molecular flexibility index (Phi) is 23.9. The number of ether oxygens (including phenoxy) is 5. The molecule has 14 atom stereocenters. The van der Waals surface area contributed by atoms with Crippen LogP contribution >= 0.6 is 11.3 Å². The molecule has 0 radical (unpaired) electrons. The van der Waals surface area contributed by atoms with Gasteiger partial charge in [-0.1, -0.05) is 96.4 Å². The number of nitrogens with zero attached hydrogens (tertiary/aromatic N) is 6. The number of aliphatic hydroxyl groups excluding tert-OH is 3. The third-order valence-corrected chi connectivity index (χ3v) is 16.6. The number of benzene rings is 2. The summed E-state index contributed by atoms with van der Waals surface area (Å²) >= 11 is 1.21. The number of hydrogen-bond acceptors (Lipinski definition) is 16. The van der Waals surface area contributed by atoms with Crippen molar-refractivity contribution < 1.29 is 72.9 Å². The first-order chi connectivity index (χ1) is 37.9. The third-order valence-electron chi connectivity index (χ3n) is 15.4. The van der Waals surface area contributed by atoms with Crippen molar-refractivity contribution in [1.29, 1.82) is 0 Å². The molecule has 0 bridgehead atoms. The zero-order chi connectivity index (χ0) is 59.3. The van der Waals surface area contributed by atoms with Gasteiger partial charge in [0.25, 0.3) is 0 Å². The lowest BCUT2D eigenvalue weighted by Crippen LogP contribution is -2.60. The Labute approximate surface area is 471 Å². The van der Waals surface area contributed by atoms with Crippen molar-refractivity contribution in [1.82, 2.24) is 25.3 Å². The molecule has 5 amide bonds. The average molecular weight is 1140 g/mol. The number of amides is 5. The predicted molar refractivity (Wildman–Crippen MR) is 297 cm³/mol. The second kappa shape index (κ2) is 29.6. The molecular weight excluding hydrogens is 1060 g/mol. The van der Waals surface area contributed by atoms with Gasteiger partial charge in [-0.15, -0.1) is 11.3 Å². The largest absolute Gasteiger partial charge is 0.479 e. The molecular formula is C56H82N8O15S. The molecule has 24 heteroatoms. The quantitative estimate of drug-likeness (QED) is 0.0294. The smallest absolute Gasteiger partial charge is 0.410 e.